The van der Waals surface area contributed by atoms with Crippen molar-refractivity contribution in [1.82, 2.24) is 0 Å². The van der Waals surface area contributed by atoms with Gasteiger partial charge in [0.15, 0.2) is 0 Å². The van der Waals surface area contributed by atoms with E-state index in [1.54, 1.807) is 0 Å². The zero-order valence-electron chi connectivity index (χ0n) is 13.2. The van der Waals surface area contributed by atoms with Crippen LogP contribution in [0.2, 0.25) is 0 Å². The van der Waals surface area contributed by atoms with Crippen LogP contribution in [0.1, 0.15) is 34.6 Å². The van der Waals surface area contributed by atoms with Crippen molar-refractivity contribution in [2.24, 2.45) is 5.73 Å². The molecule has 0 aliphatic heterocycles. The Labute approximate surface area is 127 Å². The predicted octanol–water partition coefficient (Wildman–Crippen LogP) is 4.12. The highest BCUT2D eigenvalue weighted by Crippen LogP contribution is 2.22. The third-order valence-electron chi connectivity index (χ3n) is 3.90. The van der Waals surface area contributed by atoms with E-state index >= 15 is 0 Å². The van der Waals surface area contributed by atoms with Crippen molar-refractivity contribution in [1.29, 1.82) is 0 Å². The number of benzene rings is 2. The average molecular weight is 283 g/mol. The molecular weight excluding hydrogens is 258 g/mol. The summed E-state index contributed by atoms with van der Waals surface area (Å²) in [6, 6.07) is 14.9. The molecule has 2 rings (SSSR count). The molecule has 0 radical (unpaired) electrons. The average Bonchev–Trinajstić information content (AvgIpc) is 2.48. The number of nitrogens with two attached hydrogens (primary N) is 1. The van der Waals surface area contributed by atoms with E-state index in [0.29, 0.717) is 19.1 Å². The third-order valence-corrected chi connectivity index (χ3v) is 3.90. The second kappa shape index (κ2) is 7.28. The number of ether oxygens (including phenoxy) is 1. The van der Waals surface area contributed by atoms with Crippen LogP contribution in [-0.2, 0) is 0 Å². The van der Waals surface area contributed by atoms with E-state index in [1.165, 1.54) is 22.3 Å². The van der Waals surface area contributed by atoms with Gasteiger partial charge in [-0.2, -0.15) is 0 Å². The molecular formula is C19H25NO. The molecule has 0 saturated heterocycles. The maximum absolute atomic E-state index is 5.94. The lowest BCUT2D eigenvalue weighted by atomic mass is 9.95. The van der Waals surface area contributed by atoms with Gasteiger partial charge in [0.1, 0.15) is 5.75 Å². The van der Waals surface area contributed by atoms with Crippen molar-refractivity contribution >= 4 is 0 Å². The van der Waals surface area contributed by atoms with Gasteiger partial charge in [0.05, 0.1) is 6.61 Å². The first-order valence-electron chi connectivity index (χ1n) is 7.57. The standard InChI is InChI=1S/C19H25NO/c1-14-5-8-17(9-6-14)18(13-20)10-11-21-19-12-15(2)4-7-16(19)3/h4-9,12,18H,10-11,13,20H2,1-3H3. The third kappa shape index (κ3) is 4.33. The summed E-state index contributed by atoms with van der Waals surface area (Å²) in [5.41, 5.74) is 10.9. The Hall–Kier alpha value is -1.80. The van der Waals surface area contributed by atoms with Gasteiger partial charge in [-0.25, -0.2) is 0 Å². The van der Waals surface area contributed by atoms with Crippen LogP contribution in [0.25, 0.3) is 0 Å². The quantitative estimate of drug-likeness (QED) is 0.865. The highest BCUT2D eigenvalue weighted by molar-refractivity contribution is 5.36. The number of hydrogen-bond donors (Lipinski definition) is 1. The molecule has 2 aromatic carbocycles. The van der Waals surface area contributed by atoms with Gasteiger partial charge in [-0.05, 0) is 62.4 Å². The van der Waals surface area contributed by atoms with Gasteiger partial charge in [0.25, 0.3) is 0 Å². The second-order valence-electron chi connectivity index (χ2n) is 5.75. The summed E-state index contributed by atoms with van der Waals surface area (Å²) in [6.07, 6.45) is 0.937. The van der Waals surface area contributed by atoms with Crippen LogP contribution < -0.4 is 10.5 Å². The van der Waals surface area contributed by atoms with Crippen molar-refractivity contribution in [3.05, 3.63) is 64.7 Å². The Morgan fingerprint density at radius 3 is 2.29 bits per heavy atom. The minimum Gasteiger partial charge on any atom is -0.493 e. The van der Waals surface area contributed by atoms with Gasteiger partial charge in [-0.3, -0.25) is 0 Å². The van der Waals surface area contributed by atoms with E-state index in [0.717, 1.165) is 12.2 Å². The summed E-state index contributed by atoms with van der Waals surface area (Å²) in [5.74, 6) is 1.34. The molecule has 2 heteroatoms. The fourth-order valence-electron chi connectivity index (χ4n) is 2.43. The second-order valence-corrected chi connectivity index (χ2v) is 5.75. The van der Waals surface area contributed by atoms with Gasteiger partial charge in [-0.15, -0.1) is 0 Å². The molecule has 0 amide bonds. The predicted molar refractivity (Wildman–Crippen MR) is 89.0 cm³/mol. The molecule has 0 aliphatic carbocycles. The Bertz CT molecular complexity index is 575. The van der Waals surface area contributed by atoms with Gasteiger partial charge in [0.2, 0.25) is 0 Å². The van der Waals surface area contributed by atoms with Crippen LogP contribution in [0.15, 0.2) is 42.5 Å². The van der Waals surface area contributed by atoms with Crippen LogP contribution in [0.3, 0.4) is 0 Å². The van der Waals surface area contributed by atoms with E-state index in [1.807, 2.05) is 0 Å². The van der Waals surface area contributed by atoms with Crippen LogP contribution in [0, 0.1) is 20.8 Å². The summed E-state index contributed by atoms with van der Waals surface area (Å²) < 4.78 is 5.94. The molecule has 0 aromatic heterocycles. The minimum absolute atomic E-state index is 0.357. The topological polar surface area (TPSA) is 35.2 Å². The smallest absolute Gasteiger partial charge is 0.122 e. The molecule has 0 bridgehead atoms. The zero-order chi connectivity index (χ0) is 15.2. The lowest BCUT2D eigenvalue weighted by Crippen LogP contribution is -2.15. The zero-order valence-corrected chi connectivity index (χ0v) is 13.2. The molecule has 0 heterocycles. The molecule has 0 saturated carbocycles. The van der Waals surface area contributed by atoms with E-state index in [9.17, 15) is 0 Å². The van der Waals surface area contributed by atoms with Gasteiger partial charge in [0, 0.05) is 0 Å². The first kappa shape index (κ1) is 15.6. The maximum Gasteiger partial charge on any atom is 0.122 e. The first-order chi connectivity index (χ1) is 10.1. The number of hydrogen-bond acceptors (Lipinski definition) is 2. The highest BCUT2D eigenvalue weighted by Gasteiger charge is 2.10. The van der Waals surface area contributed by atoms with Crippen molar-refractivity contribution in [2.45, 2.75) is 33.1 Å². The van der Waals surface area contributed by atoms with Crippen LogP contribution >= 0.6 is 0 Å². The fourth-order valence-corrected chi connectivity index (χ4v) is 2.43. The molecule has 2 N–H and O–H groups in total. The molecule has 1 atom stereocenters. The van der Waals surface area contributed by atoms with Crippen molar-refractivity contribution in [2.75, 3.05) is 13.2 Å². The Morgan fingerprint density at radius 2 is 1.62 bits per heavy atom. The Balaban J connectivity index is 1.94. The Morgan fingerprint density at radius 1 is 0.952 bits per heavy atom. The molecule has 1 unspecified atom stereocenters. The minimum atomic E-state index is 0.357. The first-order valence-corrected chi connectivity index (χ1v) is 7.57. The van der Waals surface area contributed by atoms with Crippen molar-refractivity contribution < 1.29 is 4.74 Å². The highest BCUT2D eigenvalue weighted by atomic mass is 16.5. The van der Waals surface area contributed by atoms with Gasteiger partial charge < -0.3 is 10.5 Å². The summed E-state index contributed by atoms with van der Waals surface area (Å²) in [4.78, 5) is 0. The van der Waals surface area contributed by atoms with Crippen LogP contribution in [0.5, 0.6) is 5.75 Å². The van der Waals surface area contributed by atoms with Gasteiger partial charge >= 0.3 is 0 Å². The lowest BCUT2D eigenvalue weighted by Gasteiger charge is -2.17. The van der Waals surface area contributed by atoms with Gasteiger partial charge in [-0.1, -0.05) is 42.0 Å². The van der Waals surface area contributed by atoms with E-state index in [4.69, 9.17) is 10.5 Å². The number of rotatable bonds is 6. The van der Waals surface area contributed by atoms with Crippen molar-refractivity contribution in [3.63, 3.8) is 0 Å². The summed E-state index contributed by atoms with van der Waals surface area (Å²) in [7, 11) is 0. The maximum atomic E-state index is 5.94. The molecule has 2 aromatic rings. The SMILES string of the molecule is Cc1ccc(C(CN)CCOc2cc(C)ccc2C)cc1. The molecule has 0 fully saturated rings. The summed E-state index contributed by atoms with van der Waals surface area (Å²) >= 11 is 0. The normalized spacial score (nSPS) is 12.2. The Kier molecular flexibility index (Phi) is 5.40. The summed E-state index contributed by atoms with van der Waals surface area (Å²) in [6.45, 7) is 7.61. The molecule has 0 spiro atoms. The monoisotopic (exact) mass is 283 g/mol. The molecule has 2 nitrogen and oxygen atoms in total. The van der Waals surface area contributed by atoms with Crippen LogP contribution in [-0.4, -0.2) is 13.2 Å². The number of aryl methyl sites for hydroxylation is 3. The van der Waals surface area contributed by atoms with E-state index < -0.39 is 0 Å². The fraction of sp³-hybridized carbons (Fsp3) is 0.368. The van der Waals surface area contributed by atoms with E-state index in [-0.39, 0.29) is 0 Å². The van der Waals surface area contributed by atoms with E-state index in [2.05, 4.69) is 63.2 Å². The summed E-state index contributed by atoms with van der Waals surface area (Å²) in [5, 5.41) is 0. The largest absolute Gasteiger partial charge is 0.493 e. The molecule has 112 valence electrons. The molecule has 0 aliphatic rings. The lowest BCUT2D eigenvalue weighted by molar-refractivity contribution is 0.296. The molecule has 21 heavy (non-hydrogen) atoms. The van der Waals surface area contributed by atoms with Crippen LogP contribution in [0.4, 0.5) is 0 Å². The van der Waals surface area contributed by atoms with Crippen molar-refractivity contribution in [3.8, 4) is 5.75 Å².